The van der Waals surface area contributed by atoms with Gasteiger partial charge in [-0.3, -0.25) is 4.98 Å². The molecule has 2 N–H and O–H groups in total. The number of nitrogens with zero attached hydrogens (tertiary/aromatic N) is 1. The molecule has 1 aromatic carbocycles. The third-order valence-corrected chi connectivity index (χ3v) is 2.82. The average molecular weight is 212 g/mol. The molecule has 0 unspecified atom stereocenters. The van der Waals surface area contributed by atoms with Gasteiger partial charge in [0.05, 0.1) is 11.4 Å². The first-order valence-corrected chi connectivity index (χ1v) is 5.52. The number of hydrogen-bond acceptors (Lipinski definition) is 2. The Labute approximate surface area is 96.1 Å². The molecule has 1 heterocycles. The van der Waals surface area contributed by atoms with Crippen LogP contribution in [0.4, 0.5) is 5.69 Å². The lowest BCUT2D eigenvalue weighted by Gasteiger charge is -2.08. The number of anilines is 1. The Morgan fingerprint density at radius 3 is 2.81 bits per heavy atom. The third-order valence-electron chi connectivity index (χ3n) is 2.82. The zero-order chi connectivity index (χ0) is 11.5. The fourth-order valence-corrected chi connectivity index (χ4v) is 1.74. The van der Waals surface area contributed by atoms with E-state index in [4.69, 9.17) is 5.73 Å². The molecule has 2 nitrogen and oxygen atoms in total. The maximum atomic E-state index is 6.04. The first-order valence-electron chi connectivity index (χ1n) is 5.52. The molecule has 0 bridgehead atoms. The highest BCUT2D eigenvalue weighted by molar-refractivity contribution is 5.74. The van der Waals surface area contributed by atoms with Crippen LogP contribution < -0.4 is 5.73 Å². The normalized spacial score (nSPS) is 10.4. The molecule has 0 amide bonds. The first kappa shape index (κ1) is 10.7. The second-order valence-electron chi connectivity index (χ2n) is 3.94. The van der Waals surface area contributed by atoms with Gasteiger partial charge in [0.15, 0.2) is 0 Å². The van der Waals surface area contributed by atoms with Crippen molar-refractivity contribution < 1.29 is 0 Å². The number of hydrogen-bond donors (Lipinski definition) is 1. The Bertz CT molecular complexity index is 504. The van der Waals surface area contributed by atoms with Crippen molar-refractivity contribution in [3.8, 4) is 11.3 Å². The van der Waals surface area contributed by atoms with E-state index in [-0.39, 0.29) is 0 Å². The Balaban J connectivity index is 2.54. The molecule has 2 rings (SSSR count). The van der Waals surface area contributed by atoms with Crippen molar-refractivity contribution in [3.05, 3.63) is 47.7 Å². The van der Waals surface area contributed by atoms with Crippen LogP contribution in [-0.4, -0.2) is 4.98 Å². The van der Waals surface area contributed by atoms with E-state index in [1.54, 1.807) is 6.20 Å². The highest BCUT2D eigenvalue weighted by Crippen LogP contribution is 2.26. The van der Waals surface area contributed by atoms with Crippen molar-refractivity contribution in [1.82, 2.24) is 4.98 Å². The summed E-state index contributed by atoms with van der Waals surface area (Å²) in [4.78, 5) is 4.36. The second-order valence-corrected chi connectivity index (χ2v) is 3.94. The summed E-state index contributed by atoms with van der Waals surface area (Å²) in [5, 5.41) is 0. The number of benzene rings is 1. The molecular weight excluding hydrogens is 196 g/mol. The third kappa shape index (κ3) is 1.91. The molecule has 0 atom stereocenters. The van der Waals surface area contributed by atoms with E-state index in [2.05, 4.69) is 36.2 Å². The number of rotatable bonds is 2. The number of nitrogens with two attached hydrogens (primary N) is 1. The van der Waals surface area contributed by atoms with Crippen LogP contribution in [0.25, 0.3) is 11.3 Å². The Kier molecular flexibility index (Phi) is 2.91. The summed E-state index contributed by atoms with van der Waals surface area (Å²) < 4.78 is 0. The van der Waals surface area contributed by atoms with Gasteiger partial charge < -0.3 is 5.73 Å². The first-order chi connectivity index (χ1) is 7.72. The van der Waals surface area contributed by atoms with Crippen molar-refractivity contribution in [2.24, 2.45) is 0 Å². The molecule has 0 aliphatic carbocycles. The van der Waals surface area contributed by atoms with Crippen LogP contribution in [0.1, 0.15) is 18.1 Å². The molecular formula is C14H16N2. The number of aromatic nitrogens is 1. The van der Waals surface area contributed by atoms with Crippen molar-refractivity contribution in [2.45, 2.75) is 20.3 Å². The summed E-state index contributed by atoms with van der Waals surface area (Å²) in [5.41, 5.74) is 11.2. The van der Waals surface area contributed by atoms with E-state index < -0.39 is 0 Å². The molecule has 2 heteroatoms. The maximum Gasteiger partial charge on any atom is 0.0933 e. The zero-order valence-corrected chi connectivity index (χ0v) is 9.70. The van der Waals surface area contributed by atoms with Crippen molar-refractivity contribution in [1.29, 1.82) is 0 Å². The van der Waals surface area contributed by atoms with Crippen LogP contribution in [0.2, 0.25) is 0 Å². The molecule has 0 saturated carbocycles. The van der Waals surface area contributed by atoms with Crippen LogP contribution in [0.5, 0.6) is 0 Å². The highest BCUT2D eigenvalue weighted by Gasteiger charge is 2.06. The minimum absolute atomic E-state index is 0.774. The van der Waals surface area contributed by atoms with E-state index in [0.717, 1.165) is 28.9 Å². The predicted molar refractivity (Wildman–Crippen MR) is 68.2 cm³/mol. The van der Waals surface area contributed by atoms with Crippen LogP contribution in [0, 0.1) is 6.92 Å². The molecule has 0 aliphatic heterocycles. The fraction of sp³-hybridized carbons (Fsp3) is 0.214. The van der Waals surface area contributed by atoms with E-state index >= 15 is 0 Å². The molecule has 0 saturated heterocycles. The summed E-state index contributed by atoms with van der Waals surface area (Å²) in [5.74, 6) is 0. The van der Waals surface area contributed by atoms with Crippen LogP contribution in [0.15, 0.2) is 36.5 Å². The van der Waals surface area contributed by atoms with Crippen molar-refractivity contribution in [3.63, 3.8) is 0 Å². The smallest absolute Gasteiger partial charge is 0.0933 e. The summed E-state index contributed by atoms with van der Waals surface area (Å²) in [6.45, 7) is 4.15. The van der Waals surface area contributed by atoms with Gasteiger partial charge in [-0.25, -0.2) is 0 Å². The Hall–Kier alpha value is -1.83. The topological polar surface area (TPSA) is 38.9 Å². The summed E-state index contributed by atoms with van der Waals surface area (Å²) in [6, 6.07) is 10.3. The average Bonchev–Trinajstić information content (AvgIpc) is 2.33. The quantitative estimate of drug-likeness (QED) is 0.830. The lowest BCUT2D eigenvalue weighted by Crippen LogP contribution is -1.96. The maximum absolute atomic E-state index is 6.04. The summed E-state index contributed by atoms with van der Waals surface area (Å²) in [7, 11) is 0. The standard InChI is InChI=1S/C14H16N2/c1-3-11-5-4-6-12(9-11)14-13(15)10(2)7-8-16-14/h4-9H,3,15H2,1-2H3. The number of pyridine rings is 1. The van der Waals surface area contributed by atoms with Gasteiger partial charge >= 0.3 is 0 Å². The second kappa shape index (κ2) is 4.35. The van der Waals surface area contributed by atoms with Gasteiger partial charge in [-0.1, -0.05) is 25.1 Å². The van der Waals surface area contributed by atoms with E-state index in [1.165, 1.54) is 5.56 Å². The van der Waals surface area contributed by atoms with E-state index in [1.807, 2.05) is 13.0 Å². The van der Waals surface area contributed by atoms with Gasteiger partial charge in [-0.2, -0.15) is 0 Å². The molecule has 0 radical (unpaired) electrons. The van der Waals surface area contributed by atoms with Gasteiger partial charge in [0.25, 0.3) is 0 Å². The van der Waals surface area contributed by atoms with E-state index in [0.29, 0.717) is 0 Å². The minimum Gasteiger partial charge on any atom is -0.397 e. The molecule has 0 fully saturated rings. The fourth-order valence-electron chi connectivity index (χ4n) is 1.74. The lowest BCUT2D eigenvalue weighted by molar-refractivity contribution is 1.14. The molecule has 16 heavy (non-hydrogen) atoms. The predicted octanol–water partition coefficient (Wildman–Crippen LogP) is 3.20. The largest absolute Gasteiger partial charge is 0.397 e. The van der Waals surface area contributed by atoms with Crippen LogP contribution in [-0.2, 0) is 6.42 Å². The van der Waals surface area contributed by atoms with Gasteiger partial charge in [0.2, 0.25) is 0 Å². The summed E-state index contributed by atoms with van der Waals surface area (Å²) in [6.07, 6.45) is 2.83. The van der Waals surface area contributed by atoms with Gasteiger partial charge in [-0.05, 0) is 36.6 Å². The SMILES string of the molecule is CCc1cccc(-c2nccc(C)c2N)c1. The Morgan fingerprint density at radius 2 is 2.06 bits per heavy atom. The van der Waals surface area contributed by atoms with Crippen LogP contribution in [0.3, 0.4) is 0 Å². The molecule has 1 aromatic heterocycles. The number of aryl methyl sites for hydroxylation is 2. The molecule has 0 aliphatic rings. The monoisotopic (exact) mass is 212 g/mol. The van der Waals surface area contributed by atoms with Gasteiger partial charge in [-0.15, -0.1) is 0 Å². The van der Waals surface area contributed by atoms with E-state index in [9.17, 15) is 0 Å². The van der Waals surface area contributed by atoms with Crippen molar-refractivity contribution >= 4 is 5.69 Å². The van der Waals surface area contributed by atoms with Crippen LogP contribution >= 0.6 is 0 Å². The molecule has 82 valence electrons. The lowest BCUT2D eigenvalue weighted by atomic mass is 10.0. The molecule has 0 spiro atoms. The minimum atomic E-state index is 0.774. The van der Waals surface area contributed by atoms with Crippen molar-refractivity contribution in [2.75, 3.05) is 5.73 Å². The zero-order valence-electron chi connectivity index (χ0n) is 9.70. The highest BCUT2D eigenvalue weighted by atomic mass is 14.7. The van der Waals surface area contributed by atoms with Gasteiger partial charge in [0, 0.05) is 11.8 Å². The summed E-state index contributed by atoms with van der Waals surface area (Å²) >= 11 is 0. The Morgan fingerprint density at radius 1 is 1.25 bits per heavy atom. The molecule has 2 aromatic rings. The number of nitrogen functional groups attached to an aromatic ring is 1. The van der Waals surface area contributed by atoms with Gasteiger partial charge in [0.1, 0.15) is 0 Å².